The molecule has 0 saturated carbocycles. The molecule has 1 aliphatic rings. The van der Waals surface area contributed by atoms with Gasteiger partial charge in [-0.15, -0.1) is 11.8 Å². The van der Waals surface area contributed by atoms with E-state index in [1.54, 1.807) is 13.0 Å². The zero-order valence-electron chi connectivity index (χ0n) is 13.6. The molecule has 0 unspecified atom stereocenters. The molecule has 11 heteroatoms. The van der Waals surface area contributed by atoms with E-state index in [0.29, 0.717) is 11.6 Å². The molecule has 0 spiro atoms. The first-order chi connectivity index (χ1) is 11.7. The van der Waals surface area contributed by atoms with E-state index in [4.69, 9.17) is 4.52 Å². The maximum Gasteiger partial charge on any atom is 0.401 e. The standard InChI is InChI=1S/C14H19F3N4O3S/c1-10-6-11(19-24-10)18-12(22)7-25-8-13(23)21-4-2-20(3-5-21)9-14(15,16)17/h6H,2-5,7-9H2,1H3,(H,18,19,22). The average Bonchev–Trinajstić information content (AvgIpc) is 2.91. The summed E-state index contributed by atoms with van der Waals surface area (Å²) in [5, 5.41) is 6.17. The molecule has 1 aromatic rings. The second-order valence-electron chi connectivity index (χ2n) is 5.64. The van der Waals surface area contributed by atoms with Crippen molar-refractivity contribution in [1.29, 1.82) is 0 Å². The van der Waals surface area contributed by atoms with Gasteiger partial charge in [-0.2, -0.15) is 13.2 Å². The van der Waals surface area contributed by atoms with Crippen molar-refractivity contribution in [2.45, 2.75) is 13.1 Å². The Morgan fingerprint density at radius 3 is 2.52 bits per heavy atom. The Morgan fingerprint density at radius 2 is 1.96 bits per heavy atom. The molecule has 7 nitrogen and oxygen atoms in total. The number of aromatic nitrogens is 1. The van der Waals surface area contributed by atoms with Gasteiger partial charge in [-0.3, -0.25) is 14.5 Å². The third-order valence-corrected chi connectivity index (χ3v) is 4.40. The fraction of sp³-hybridized carbons (Fsp3) is 0.643. The van der Waals surface area contributed by atoms with Crippen molar-refractivity contribution in [3.63, 3.8) is 0 Å². The minimum Gasteiger partial charge on any atom is -0.360 e. The number of anilines is 1. The molecular formula is C14H19F3N4O3S. The first-order valence-corrected chi connectivity index (χ1v) is 8.76. The lowest BCUT2D eigenvalue weighted by Crippen LogP contribution is -2.51. The van der Waals surface area contributed by atoms with E-state index >= 15 is 0 Å². The number of hydrogen-bond donors (Lipinski definition) is 1. The molecule has 1 aliphatic heterocycles. The van der Waals surface area contributed by atoms with Gasteiger partial charge >= 0.3 is 6.18 Å². The maximum atomic E-state index is 12.3. The van der Waals surface area contributed by atoms with Crippen molar-refractivity contribution in [1.82, 2.24) is 15.0 Å². The Labute approximate surface area is 146 Å². The summed E-state index contributed by atoms with van der Waals surface area (Å²) in [6.45, 7) is 1.67. The van der Waals surface area contributed by atoms with Gasteiger partial charge in [-0.25, -0.2) is 0 Å². The van der Waals surface area contributed by atoms with Crippen LogP contribution in [0.25, 0.3) is 0 Å². The summed E-state index contributed by atoms with van der Waals surface area (Å²) in [7, 11) is 0. The molecule has 0 bridgehead atoms. The lowest BCUT2D eigenvalue weighted by Gasteiger charge is -2.34. The van der Waals surface area contributed by atoms with Crippen molar-refractivity contribution in [2.24, 2.45) is 0 Å². The predicted molar refractivity (Wildman–Crippen MR) is 86.3 cm³/mol. The Hall–Kier alpha value is -1.75. The van der Waals surface area contributed by atoms with E-state index in [1.807, 2.05) is 0 Å². The molecule has 1 fully saturated rings. The topological polar surface area (TPSA) is 78.7 Å². The van der Waals surface area contributed by atoms with Gasteiger partial charge in [0.2, 0.25) is 11.8 Å². The minimum absolute atomic E-state index is 0.0751. The summed E-state index contributed by atoms with van der Waals surface area (Å²) in [6, 6.07) is 1.58. The number of rotatable bonds is 6. The van der Waals surface area contributed by atoms with Crippen molar-refractivity contribution in [3.8, 4) is 0 Å². The van der Waals surface area contributed by atoms with Crippen LogP contribution in [0, 0.1) is 6.92 Å². The van der Waals surface area contributed by atoms with Crippen LogP contribution < -0.4 is 5.32 Å². The number of carbonyl (C=O) groups is 2. The zero-order valence-corrected chi connectivity index (χ0v) is 14.5. The number of nitrogens with zero attached hydrogens (tertiary/aromatic N) is 3. The van der Waals surface area contributed by atoms with Crippen LogP contribution in [0.15, 0.2) is 10.6 Å². The SMILES string of the molecule is Cc1cc(NC(=O)CSCC(=O)N2CCN(CC(F)(F)F)CC2)no1. The third-order valence-electron chi connectivity index (χ3n) is 3.48. The molecule has 0 aromatic carbocycles. The maximum absolute atomic E-state index is 12.3. The molecule has 0 aliphatic carbocycles. The smallest absolute Gasteiger partial charge is 0.360 e. The van der Waals surface area contributed by atoms with Gasteiger partial charge in [0.05, 0.1) is 18.1 Å². The number of amides is 2. The molecule has 1 aromatic heterocycles. The van der Waals surface area contributed by atoms with E-state index in [2.05, 4.69) is 10.5 Å². The molecule has 0 atom stereocenters. The fourth-order valence-corrected chi connectivity index (χ4v) is 3.05. The monoisotopic (exact) mass is 380 g/mol. The number of hydrogen-bond acceptors (Lipinski definition) is 6. The molecule has 25 heavy (non-hydrogen) atoms. The minimum atomic E-state index is -4.22. The molecule has 1 N–H and O–H groups in total. The molecule has 0 radical (unpaired) electrons. The van der Waals surface area contributed by atoms with Gasteiger partial charge in [0.1, 0.15) is 5.76 Å². The summed E-state index contributed by atoms with van der Waals surface area (Å²) in [6.07, 6.45) is -4.22. The summed E-state index contributed by atoms with van der Waals surface area (Å²) < 4.78 is 41.8. The molecule has 2 heterocycles. The summed E-state index contributed by atoms with van der Waals surface area (Å²) in [5.74, 6) is 0.580. The van der Waals surface area contributed by atoms with Crippen LogP contribution in [0.4, 0.5) is 19.0 Å². The summed E-state index contributed by atoms with van der Waals surface area (Å²) in [5.41, 5.74) is 0. The third kappa shape index (κ3) is 6.94. The Kier molecular flexibility index (Phi) is 6.71. The van der Waals surface area contributed by atoms with E-state index in [1.165, 1.54) is 9.80 Å². The number of halogens is 3. The number of nitrogens with one attached hydrogen (secondary N) is 1. The Morgan fingerprint density at radius 1 is 1.28 bits per heavy atom. The Balaban J connectivity index is 1.63. The number of alkyl halides is 3. The number of aryl methyl sites for hydroxylation is 1. The van der Waals surface area contributed by atoms with Gasteiger partial charge in [0, 0.05) is 32.2 Å². The molecular weight excluding hydrogens is 361 g/mol. The lowest BCUT2D eigenvalue weighted by molar-refractivity contribution is -0.151. The number of piperazine rings is 1. The van der Waals surface area contributed by atoms with Gasteiger partial charge < -0.3 is 14.7 Å². The van der Waals surface area contributed by atoms with Crippen LogP contribution in [-0.4, -0.2) is 77.2 Å². The summed E-state index contributed by atoms with van der Waals surface area (Å²) >= 11 is 1.14. The molecule has 2 amide bonds. The fourth-order valence-electron chi connectivity index (χ4n) is 2.34. The highest BCUT2D eigenvalue weighted by Gasteiger charge is 2.32. The first-order valence-electron chi connectivity index (χ1n) is 7.61. The number of thioether (sulfide) groups is 1. The number of carbonyl (C=O) groups excluding carboxylic acids is 2. The lowest BCUT2D eigenvalue weighted by atomic mass is 10.3. The van der Waals surface area contributed by atoms with E-state index in [0.717, 1.165) is 11.8 Å². The van der Waals surface area contributed by atoms with Crippen LogP contribution in [-0.2, 0) is 9.59 Å². The highest BCUT2D eigenvalue weighted by atomic mass is 32.2. The first kappa shape index (κ1) is 19.6. The normalized spacial score (nSPS) is 16.1. The van der Waals surface area contributed by atoms with Gasteiger partial charge in [0.25, 0.3) is 0 Å². The van der Waals surface area contributed by atoms with E-state index in [-0.39, 0.29) is 49.5 Å². The van der Waals surface area contributed by atoms with Crippen LogP contribution >= 0.6 is 11.8 Å². The van der Waals surface area contributed by atoms with Gasteiger partial charge in [0.15, 0.2) is 5.82 Å². The van der Waals surface area contributed by atoms with Crippen LogP contribution in [0.5, 0.6) is 0 Å². The van der Waals surface area contributed by atoms with Crippen molar-refractivity contribution >= 4 is 29.4 Å². The van der Waals surface area contributed by atoms with Crippen LogP contribution in [0.3, 0.4) is 0 Å². The largest absolute Gasteiger partial charge is 0.401 e. The second kappa shape index (κ2) is 8.56. The van der Waals surface area contributed by atoms with E-state index in [9.17, 15) is 22.8 Å². The highest BCUT2D eigenvalue weighted by Crippen LogP contribution is 2.17. The van der Waals surface area contributed by atoms with Gasteiger partial charge in [-0.1, -0.05) is 5.16 Å². The predicted octanol–water partition coefficient (Wildman–Crippen LogP) is 1.36. The molecule has 140 valence electrons. The average molecular weight is 380 g/mol. The summed E-state index contributed by atoms with van der Waals surface area (Å²) in [4.78, 5) is 26.6. The van der Waals surface area contributed by atoms with E-state index < -0.39 is 12.7 Å². The van der Waals surface area contributed by atoms with Crippen molar-refractivity contribution in [3.05, 3.63) is 11.8 Å². The highest BCUT2D eigenvalue weighted by molar-refractivity contribution is 8.00. The quantitative estimate of drug-likeness (QED) is 0.803. The van der Waals surface area contributed by atoms with Gasteiger partial charge in [-0.05, 0) is 6.92 Å². The molecule has 2 rings (SSSR count). The zero-order chi connectivity index (χ0) is 18.4. The van der Waals surface area contributed by atoms with Crippen molar-refractivity contribution in [2.75, 3.05) is 49.5 Å². The van der Waals surface area contributed by atoms with Crippen LogP contribution in [0.1, 0.15) is 5.76 Å². The van der Waals surface area contributed by atoms with Crippen LogP contribution in [0.2, 0.25) is 0 Å². The molecule has 1 saturated heterocycles. The second-order valence-corrected chi connectivity index (χ2v) is 6.62. The Bertz CT molecular complexity index is 600. The van der Waals surface area contributed by atoms with Crippen molar-refractivity contribution < 1.29 is 27.3 Å².